The number of hydrogen-bond donors (Lipinski definition) is 0. The number of nitrogens with zero attached hydrogens (tertiary/aromatic N) is 5. The van der Waals surface area contributed by atoms with Gasteiger partial charge in [-0.1, -0.05) is 0 Å². The lowest BCUT2D eigenvalue weighted by atomic mass is 10.2. The third-order valence-corrected chi connectivity index (χ3v) is 4.25. The summed E-state index contributed by atoms with van der Waals surface area (Å²) in [7, 11) is 0. The Bertz CT molecular complexity index is 804. The lowest BCUT2D eigenvalue weighted by Crippen LogP contribution is -2.41. The van der Waals surface area contributed by atoms with Gasteiger partial charge in [0.1, 0.15) is 5.82 Å². The van der Waals surface area contributed by atoms with Crippen LogP contribution in [0.3, 0.4) is 0 Å². The molecule has 0 N–H and O–H groups in total. The molecule has 0 aromatic carbocycles. The molecule has 1 amide bonds. The Morgan fingerprint density at radius 3 is 3.04 bits per heavy atom. The van der Waals surface area contributed by atoms with E-state index in [9.17, 15) is 4.79 Å². The first kappa shape index (κ1) is 13.8. The van der Waals surface area contributed by atoms with Gasteiger partial charge < -0.3 is 13.9 Å². The molecule has 4 rings (SSSR count). The molecule has 0 fully saturated rings. The van der Waals surface area contributed by atoms with Crippen molar-refractivity contribution in [3.8, 4) is 0 Å². The van der Waals surface area contributed by atoms with Gasteiger partial charge in [-0.25, -0.2) is 4.98 Å². The van der Waals surface area contributed by atoms with Crippen LogP contribution in [0.25, 0.3) is 0 Å². The van der Waals surface area contributed by atoms with Gasteiger partial charge in [0.05, 0.1) is 30.7 Å². The van der Waals surface area contributed by atoms with Crippen LogP contribution in [0.15, 0.2) is 47.5 Å². The average molecular weight is 311 g/mol. The monoisotopic (exact) mass is 311 g/mol. The number of imidazole rings is 1. The van der Waals surface area contributed by atoms with E-state index in [1.165, 1.54) is 6.26 Å². The average Bonchev–Trinajstić information content (AvgIpc) is 3.30. The van der Waals surface area contributed by atoms with Crippen LogP contribution in [0.5, 0.6) is 0 Å². The van der Waals surface area contributed by atoms with Crippen LogP contribution in [-0.4, -0.2) is 36.7 Å². The maximum absolute atomic E-state index is 12.5. The number of carbonyl (C=O) groups is 1. The number of rotatable bonds is 3. The van der Waals surface area contributed by atoms with E-state index < -0.39 is 0 Å². The van der Waals surface area contributed by atoms with Gasteiger partial charge in [-0.3, -0.25) is 9.48 Å². The smallest absolute Gasteiger partial charge is 0.290 e. The fourth-order valence-electron chi connectivity index (χ4n) is 3.06. The summed E-state index contributed by atoms with van der Waals surface area (Å²) < 4.78 is 9.28. The topological polar surface area (TPSA) is 69.1 Å². The highest BCUT2D eigenvalue weighted by Crippen LogP contribution is 2.27. The van der Waals surface area contributed by atoms with Gasteiger partial charge in [0.15, 0.2) is 5.76 Å². The predicted molar refractivity (Wildman–Crippen MR) is 81.7 cm³/mol. The van der Waals surface area contributed by atoms with Gasteiger partial charge in [-0.05, 0) is 25.1 Å². The second kappa shape index (κ2) is 5.42. The van der Waals surface area contributed by atoms with E-state index in [2.05, 4.69) is 14.6 Å². The van der Waals surface area contributed by atoms with E-state index in [0.717, 1.165) is 18.1 Å². The number of aromatic nitrogens is 4. The summed E-state index contributed by atoms with van der Waals surface area (Å²) in [6, 6.07) is 5.23. The van der Waals surface area contributed by atoms with Crippen molar-refractivity contribution in [1.82, 2.24) is 24.2 Å². The molecule has 7 heteroatoms. The maximum Gasteiger partial charge on any atom is 0.290 e. The number of amides is 1. The molecule has 23 heavy (non-hydrogen) atoms. The third-order valence-electron chi connectivity index (χ3n) is 4.25. The molecule has 3 aromatic heterocycles. The molecular weight excluding hydrogens is 294 g/mol. The zero-order chi connectivity index (χ0) is 15.8. The Morgan fingerprint density at radius 2 is 2.30 bits per heavy atom. The molecule has 1 aliphatic heterocycles. The zero-order valence-corrected chi connectivity index (χ0v) is 12.8. The summed E-state index contributed by atoms with van der Waals surface area (Å²) in [5.74, 6) is 1.18. The van der Waals surface area contributed by atoms with Gasteiger partial charge in [-0.2, -0.15) is 5.10 Å². The normalized spacial score (nSPS) is 17.3. The molecule has 0 saturated carbocycles. The van der Waals surface area contributed by atoms with Crippen LogP contribution in [0.1, 0.15) is 35.0 Å². The van der Waals surface area contributed by atoms with Crippen molar-refractivity contribution in [2.24, 2.45) is 0 Å². The Kier molecular flexibility index (Phi) is 3.25. The lowest BCUT2D eigenvalue weighted by molar-refractivity contribution is 0.0603. The van der Waals surface area contributed by atoms with Gasteiger partial charge in [0.25, 0.3) is 5.91 Å². The van der Waals surface area contributed by atoms with E-state index in [-0.39, 0.29) is 11.9 Å². The van der Waals surface area contributed by atoms with Crippen molar-refractivity contribution >= 4 is 5.91 Å². The van der Waals surface area contributed by atoms with Gasteiger partial charge in [-0.15, -0.1) is 0 Å². The molecule has 1 aliphatic rings. The molecule has 0 radical (unpaired) electrons. The Balaban J connectivity index is 1.59. The van der Waals surface area contributed by atoms with Gasteiger partial charge in [0.2, 0.25) is 0 Å². The minimum absolute atomic E-state index is 0.0901. The molecule has 7 nitrogen and oxygen atoms in total. The summed E-state index contributed by atoms with van der Waals surface area (Å²) in [5, 5.41) is 4.23. The first-order valence-electron chi connectivity index (χ1n) is 7.60. The fourth-order valence-corrected chi connectivity index (χ4v) is 3.06. The van der Waals surface area contributed by atoms with Crippen molar-refractivity contribution in [2.45, 2.75) is 26.1 Å². The van der Waals surface area contributed by atoms with Crippen molar-refractivity contribution in [2.75, 3.05) is 6.54 Å². The highest BCUT2D eigenvalue weighted by molar-refractivity contribution is 5.91. The predicted octanol–water partition coefficient (Wildman–Crippen LogP) is 1.94. The molecule has 0 aliphatic carbocycles. The van der Waals surface area contributed by atoms with Crippen LogP contribution in [0.4, 0.5) is 0 Å². The number of furan rings is 1. The quantitative estimate of drug-likeness (QED) is 0.741. The summed E-state index contributed by atoms with van der Waals surface area (Å²) >= 11 is 0. The Morgan fingerprint density at radius 1 is 1.39 bits per heavy atom. The molecule has 0 saturated heterocycles. The van der Waals surface area contributed by atoms with E-state index in [1.54, 1.807) is 23.2 Å². The minimum Gasteiger partial charge on any atom is -0.459 e. The summed E-state index contributed by atoms with van der Waals surface area (Å²) in [6.07, 6.45) is 7.08. The first-order valence-corrected chi connectivity index (χ1v) is 7.60. The SMILES string of the molecule is CC1c2ncc(Cn3cccn3)n2CCN1C(=O)c1ccco1. The van der Waals surface area contributed by atoms with Crippen molar-refractivity contribution in [3.63, 3.8) is 0 Å². The van der Waals surface area contributed by atoms with E-state index in [0.29, 0.717) is 18.8 Å². The zero-order valence-electron chi connectivity index (χ0n) is 12.8. The molecule has 3 aromatic rings. The van der Waals surface area contributed by atoms with E-state index >= 15 is 0 Å². The van der Waals surface area contributed by atoms with Crippen LogP contribution in [0, 0.1) is 0 Å². The van der Waals surface area contributed by atoms with Gasteiger partial charge >= 0.3 is 0 Å². The van der Waals surface area contributed by atoms with E-state index in [4.69, 9.17) is 4.42 Å². The molecule has 0 spiro atoms. The molecular formula is C16H17N5O2. The van der Waals surface area contributed by atoms with Crippen LogP contribution in [-0.2, 0) is 13.1 Å². The van der Waals surface area contributed by atoms with Crippen molar-refractivity contribution in [3.05, 3.63) is 60.3 Å². The lowest BCUT2D eigenvalue weighted by Gasteiger charge is -2.33. The third kappa shape index (κ3) is 2.34. The summed E-state index contributed by atoms with van der Waals surface area (Å²) in [5.41, 5.74) is 1.10. The second-order valence-corrected chi connectivity index (χ2v) is 5.61. The number of hydrogen-bond acceptors (Lipinski definition) is 4. The molecule has 118 valence electrons. The molecule has 4 heterocycles. The van der Waals surface area contributed by atoms with Crippen LogP contribution in [0.2, 0.25) is 0 Å². The standard InChI is InChI=1S/C16H17N5O2/c1-12-15-17-10-13(11-19-6-3-5-18-19)21(15)8-7-20(12)16(22)14-4-2-9-23-14/h2-6,9-10,12H,7-8,11H2,1H3. The first-order chi connectivity index (χ1) is 11.2. The second-order valence-electron chi connectivity index (χ2n) is 5.61. The van der Waals surface area contributed by atoms with Crippen molar-refractivity contribution in [1.29, 1.82) is 0 Å². The molecule has 0 bridgehead atoms. The van der Waals surface area contributed by atoms with E-state index in [1.807, 2.05) is 30.1 Å². The summed E-state index contributed by atoms with van der Waals surface area (Å²) in [4.78, 5) is 18.9. The number of fused-ring (bicyclic) bond motifs is 1. The Labute approximate surface area is 133 Å². The summed E-state index contributed by atoms with van der Waals surface area (Å²) in [6.45, 7) is 4.04. The maximum atomic E-state index is 12.5. The van der Waals surface area contributed by atoms with Gasteiger partial charge in [0, 0.05) is 25.5 Å². The molecule has 1 atom stereocenters. The Hall–Kier alpha value is -2.83. The van der Waals surface area contributed by atoms with Crippen LogP contribution >= 0.6 is 0 Å². The van der Waals surface area contributed by atoms with Crippen LogP contribution < -0.4 is 0 Å². The highest BCUT2D eigenvalue weighted by atomic mass is 16.3. The fraction of sp³-hybridized carbons (Fsp3) is 0.312. The van der Waals surface area contributed by atoms with Crippen molar-refractivity contribution < 1.29 is 9.21 Å². The largest absolute Gasteiger partial charge is 0.459 e. The highest BCUT2D eigenvalue weighted by Gasteiger charge is 2.31. The molecule has 1 unspecified atom stereocenters. The minimum atomic E-state index is -0.0922. The number of carbonyl (C=O) groups excluding carboxylic acids is 1.